The van der Waals surface area contributed by atoms with E-state index >= 15 is 0 Å². The zero-order valence-electron chi connectivity index (χ0n) is 14.2. The number of thiazole rings is 1. The Morgan fingerprint density at radius 1 is 1.38 bits per heavy atom. The second kappa shape index (κ2) is 6.68. The average Bonchev–Trinajstić information content (AvgIpc) is 2.96. The van der Waals surface area contributed by atoms with Gasteiger partial charge in [0, 0.05) is 19.4 Å². The fourth-order valence-electron chi connectivity index (χ4n) is 2.75. The molecule has 2 N–H and O–H groups in total. The van der Waals surface area contributed by atoms with Crippen LogP contribution in [0.25, 0.3) is 0 Å². The molecule has 1 aromatic heterocycles. The van der Waals surface area contributed by atoms with Crippen LogP contribution < -0.4 is 20.1 Å². The fourth-order valence-corrected chi connectivity index (χ4v) is 3.75. The van der Waals surface area contributed by atoms with Gasteiger partial charge in [-0.25, -0.2) is 4.98 Å². The smallest absolute Gasteiger partial charge is 0.226 e. The van der Waals surface area contributed by atoms with Gasteiger partial charge in [-0.05, 0) is 31.5 Å². The molecular weight excluding hydrogens is 326 g/mol. The highest BCUT2D eigenvalue weighted by Gasteiger charge is 2.30. The van der Waals surface area contributed by atoms with Crippen LogP contribution in [-0.4, -0.2) is 31.2 Å². The summed E-state index contributed by atoms with van der Waals surface area (Å²) >= 11 is 1.56. The van der Waals surface area contributed by atoms with E-state index in [2.05, 4.69) is 15.6 Å². The van der Waals surface area contributed by atoms with E-state index in [-0.39, 0.29) is 17.9 Å². The number of aromatic nitrogens is 1. The highest BCUT2D eigenvalue weighted by Crippen LogP contribution is 2.44. The Hall–Kier alpha value is -2.28. The van der Waals surface area contributed by atoms with Crippen molar-refractivity contribution in [1.29, 1.82) is 0 Å². The van der Waals surface area contributed by atoms with Gasteiger partial charge in [0.15, 0.2) is 16.6 Å². The van der Waals surface area contributed by atoms with Gasteiger partial charge in [0.2, 0.25) is 5.91 Å². The minimum Gasteiger partial charge on any atom is -0.493 e. The number of ether oxygens (including phenoxy) is 2. The third-order valence-corrected chi connectivity index (χ3v) is 4.97. The molecule has 0 fully saturated rings. The van der Waals surface area contributed by atoms with E-state index in [4.69, 9.17) is 9.47 Å². The van der Waals surface area contributed by atoms with Crippen LogP contribution in [0.15, 0.2) is 18.2 Å². The maximum Gasteiger partial charge on any atom is 0.226 e. The van der Waals surface area contributed by atoms with Crippen LogP contribution in [-0.2, 0) is 4.79 Å². The van der Waals surface area contributed by atoms with Gasteiger partial charge in [0.05, 0.1) is 18.1 Å². The van der Waals surface area contributed by atoms with Crippen molar-refractivity contribution in [3.05, 3.63) is 28.6 Å². The van der Waals surface area contributed by atoms with E-state index in [1.54, 1.807) is 18.4 Å². The van der Waals surface area contributed by atoms with Crippen molar-refractivity contribution < 1.29 is 14.3 Å². The van der Waals surface area contributed by atoms with Crippen LogP contribution in [0.4, 0.5) is 10.9 Å². The van der Waals surface area contributed by atoms with Gasteiger partial charge in [0.25, 0.3) is 0 Å². The number of rotatable bonds is 5. The first-order valence-corrected chi connectivity index (χ1v) is 8.66. The monoisotopic (exact) mass is 347 g/mol. The fraction of sp³-hybridized carbons (Fsp3) is 0.412. The van der Waals surface area contributed by atoms with Gasteiger partial charge in [0.1, 0.15) is 5.82 Å². The summed E-state index contributed by atoms with van der Waals surface area (Å²) in [6.07, 6.45) is 0.435. The summed E-state index contributed by atoms with van der Waals surface area (Å²) < 4.78 is 11.2. The van der Waals surface area contributed by atoms with Crippen molar-refractivity contribution in [2.24, 2.45) is 0 Å². The number of nitrogens with zero attached hydrogens (tertiary/aromatic N) is 1. The molecule has 128 valence electrons. The number of nitrogens with one attached hydrogen (secondary N) is 2. The second-order valence-corrected chi connectivity index (χ2v) is 6.89. The number of carbonyl (C=O) groups is 1. The Kier molecular flexibility index (Phi) is 4.62. The summed E-state index contributed by atoms with van der Waals surface area (Å²) in [7, 11) is 3.44. The molecule has 2 heterocycles. The Bertz CT molecular complexity index is 758. The molecule has 7 heteroatoms. The summed E-state index contributed by atoms with van der Waals surface area (Å²) in [5.41, 5.74) is 1.02. The van der Waals surface area contributed by atoms with Crippen molar-refractivity contribution in [1.82, 2.24) is 4.98 Å². The van der Waals surface area contributed by atoms with Gasteiger partial charge >= 0.3 is 0 Å². The molecule has 0 aliphatic carbocycles. The van der Waals surface area contributed by atoms with Gasteiger partial charge in [-0.15, -0.1) is 0 Å². The Morgan fingerprint density at radius 2 is 2.17 bits per heavy atom. The highest BCUT2D eigenvalue weighted by atomic mass is 32.1. The molecule has 1 aromatic carbocycles. The maximum absolute atomic E-state index is 12.1. The van der Waals surface area contributed by atoms with E-state index in [0.717, 1.165) is 15.6 Å². The Morgan fingerprint density at radius 3 is 2.83 bits per heavy atom. The molecule has 24 heavy (non-hydrogen) atoms. The third-order valence-electron chi connectivity index (χ3n) is 3.78. The molecule has 0 radical (unpaired) electrons. The zero-order chi connectivity index (χ0) is 17.3. The van der Waals surface area contributed by atoms with Crippen LogP contribution in [0.3, 0.4) is 0 Å². The molecule has 1 atom stereocenters. The lowest BCUT2D eigenvalue weighted by molar-refractivity contribution is -0.116. The quantitative estimate of drug-likeness (QED) is 0.867. The van der Waals surface area contributed by atoms with Gasteiger partial charge in [-0.3, -0.25) is 4.79 Å². The van der Waals surface area contributed by atoms with Gasteiger partial charge in [-0.2, -0.15) is 0 Å². The number of methoxy groups -OCH3 is 1. The van der Waals surface area contributed by atoms with Crippen molar-refractivity contribution in [2.75, 3.05) is 24.8 Å². The Labute approximate surface area is 145 Å². The summed E-state index contributed by atoms with van der Waals surface area (Å²) in [5, 5.41) is 6.68. The molecule has 0 spiro atoms. The van der Waals surface area contributed by atoms with Crippen LogP contribution in [0.5, 0.6) is 11.5 Å². The molecule has 1 aliphatic heterocycles. The first-order chi connectivity index (χ1) is 11.5. The SMILES string of the molecule is CNc1nc2c(s1)C(c1ccc(OC)c(OC(C)C)c1)CC(=O)N2. The third kappa shape index (κ3) is 3.17. The minimum absolute atomic E-state index is 0.0254. The first-order valence-electron chi connectivity index (χ1n) is 7.84. The van der Waals surface area contributed by atoms with E-state index in [1.807, 2.05) is 39.1 Å². The van der Waals surface area contributed by atoms with Crippen LogP contribution >= 0.6 is 11.3 Å². The number of benzene rings is 1. The number of amides is 1. The molecular formula is C17H21N3O3S. The van der Waals surface area contributed by atoms with E-state index in [0.29, 0.717) is 23.7 Å². The summed E-state index contributed by atoms with van der Waals surface area (Å²) in [5.74, 6) is 1.97. The summed E-state index contributed by atoms with van der Waals surface area (Å²) in [6, 6.07) is 5.84. The lowest BCUT2D eigenvalue weighted by atomic mass is 9.91. The highest BCUT2D eigenvalue weighted by molar-refractivity contribution is 7.16. The predicted octanol–water partition coefficient (Wildman–Crippen LogP) is 3.45. The molecule has 0 saturated heterocycles. The predicted molar refractivity (Wildman–Crippen MR) is 95.5 cm³/mol. The van der Waals surface area contributed by atoms with Crippen LogP contribution in [0.1, 0.15) is 36.6 Å². The molecule has 0 saturated carbocycles. The number of fused-ring (bicyclic) bond motifs is 1. The second-order valence-electron chi connectivity index (χ2n) is 5.86. The van der Waals surface area contributed by atoms with Gasteiger partial charge in [-0.1, -0.05) is 17.4 Å². The number of anilines is 2. The topological polar surface area (TPSA) is 72.5 Å². The maximum atomic E-state index is 12.1. The van der Waals surface area contributed by atoms with Crippen LogP contribution in [0.2, 0.25) is 0 Å². The normalized spacial score (nSPS) is 16.5. The minimum atomic E-state index is -0.0335. The van der Waals surface area contributed by atoms with E-state index in [9.17, 15) is 4.79 Å². The Balaban J connectivity index is 2.02. The van der Waals surface area contributed by atoms with E-state index in [1.165, 1.54) is 0 Å². The lowest BCUT2D eigenvalue weighted by Gasteiger charge is -2.23. The standard InChI is InChI=1S/C17H21N3O3S/c1-9(2)23-13-7-10(5-6-12(13)22-4)11-8-14(21)19-16-15(11)24-17(18-3)20-16/h5-7,9,11H,8H2,1-4H3,(H,18,20)(H,19,21). The number of hydrogen-bond donors (Lipinski definition) is 2. The van der Waals surface area contributed by atoms with Crippen molar-refractivity contribution >= 4 is 28.2 Å². The van der Waals surface area contributed by atoms with E-state index < -0.39 is 0 Å². The lowest BCUT2D eigenvalue weighted by Crippen LogP contribution is -2.22. The molecule has 1 unspecified atom stereocenters. The largest absolute Gasteiger partial charge is 0.493 e. The average molecular weight is 347 g/mol. The summed E-state index contributed by atoms with van der Waals surface area (Å²) in [6.45, 7) is 3.95. The molecule has 0 bridgehead atoms. The molecule has 2 aromatic rings. The summed E-state index contributed by atoms with van der Waals surface area (Å²) in [4.78, 5) is 17.5. The molecule has 3 rings (SSSR count). The zero-order valence-corrected chi connectivity index (χ0v) is 15.0. The van der Waals surface area contributed by atoms with Gasteiger partial charge < -0.3 is 20.1 Å². The molecule has 1 amide bonds. The number of carbonyl (C=O) groups excluding carboxylic acids is 1. The molecule has 1 aliphatic rings. The van der Waals surface area contributed by atoms with Crippen molar-refractivity contribution in [2.45, 2.75) is 32.3 Å². The van der Waals surface area contributed by atoms with Crippen molar-refractivity contribution in [3.63, 3.8) is 0 Å². The number of hydrogen-bond acceptors (Lipinski definition) is 6. The van der Waals surface area contributed by atoms with Crippen molar-refractivity contribution in [3.8, 4) is 11.5 Å². The first kappa shape index (κ1) is 16.6. The molecule has 6 nitrogen and oxygen atoms in total. The van der Waals surface area contributed by atoms with Crippen LogP contribution in [0, 0.1) is 0 Å².